The lowest BCUT2D eigenvalue weighted by molar-refractivity contribution is 0.0533. The van der Waals surface area contributed by atoms with Gasteiger partial charge < -0.3 is 10.6 Å². The summed E-state index contributed by atoms with van der Waals surface area (Å²) < 4.78 is 0. The predicted octanol–water partition coefficient (Wildman–Crippen LogP) is 3.12. The molecule has 2 N–H and O–H groups in total. The molecule has 0 spiro atoms. The fourth-order valence-corrected chi connectivity index (χ4v) is 3.41. The Bertz CT molecular complexity index is 538. The maximum absolute atomic E-state index is 12.8. The number of carbonyl (C=O) groups is 1. The molecule has 4 heteroatoms. The predicted molar refractivity (Wildman–Crippen MR) is 100.0 cm³/mol. The second-order valence-corrected chi connectivity index (χ2v) is 7.68. The number of rotatable bonds is 6. The molecular weight excluding hydrogens is 298 g/mol. The van der Waals surface area contributed by atoms with Crippen LogP contribution in [0.2, 0.25) is 0 Å². The first-order valence-electron chi connectivity index (χ1n) is 9.23. The van der Waals surface area contributed by atoms with Crippen LogP contribution in [0.15, 0.2) is 24.3 Å². The van der Waals surface area contributed by atoms with Gasteiger partial charge in [0.2, 0.25) is 0 Å². The lowest BCUT2D eigenvalue weighted by Crippen LogP contribution is -2.53. The molecule has 2 rings (SSSR count). The van der Waals surface area contributed by atoms with Crippen LogP contribution in [-0.2, 0) is 6.54 Å². The molecular formula is C20H33N3O. The zero-order chi connectivity index (χ0) is 17.7. The van der Waals surface area contributed by atoms with Gasteiger partial charge in [-0.05, 0) is 49.0 Å². The number of carbonyl (C=O) groups excluding carboxylic acids is 1. The van der Waals surface area contributed by atoms with Crippen molar-refractivity contribution in [3.63, 3.8) is 0 Å². The normalized spacial score (nSPS) is 20.4. The molecule has 1 amide bonds. The van der Waals surface area contributed by atoms with Gasteiger partial charge >= 0.3 is 0 Å². The van der Waals surface area contributed by atoms with Crippen molar-refractivity contribution in [2.75, 3.05) is 26.2 Å². The van der Waals surface area contributed by atoms with E-state index >= 15 is 0 Å². The summed E-state index contributed by atoms with van der Waals surface area (Å²) in [6.07, 6.45) is 2.04. The molecule has 0 aromatic heterocycles. The van der Waals surface area contributed by atoms with Gasteiger partial charge in [0.15, 0.2) is 0 Å². The first-order valence-corrected chi connectivity index (χ1v) is 9.23. The molecule has 1 saturated heterocycles. The molecule has 1 aromatic rings. The van der Waals surface area contributed by atoms with Crippen LogP contribution in [0.4, 0.5) is 0 Å². The number of nitrogens with two attached hydrogens (primary N) is 1. The number of hydrogen-bond donors (Lipinski definition) is 1. The van der Waals surface area contributed by atoms with Crippen LogP contribution >= 0.6 is 0 Å². The van der Waals surface area contributed by atoms with Gasteiger partial charge in [0.25, 0.3) is 5.91 Å². The Morgan fingerprint density at radius 1 is 1.29 bits per heavy atom. The second kappa shape index (κ2) is 8.13. The van der Waals surface area contributed by atoms with Crippen molar-refractivity contribution in [3.8, 4) is 0 Å². The van der Waals surface area contributed by atoms with Crippen LogP contribution in [0.1, 0.15) is 56.5 Å². The zero-order valence-corrected chi connectivity index (χ0v) is 15.7. The largest absolute Gasteiger partial charge is 0.338 e. The average Bonchev–Trinajstić information content (AvgIpc) is 2.57. The smallest absolute Gasteiger partial charge is 0.253 e. The van der Waals surface area contributed by atoms with Crippen LogP contribution in [0, 0.1) is 5.41 Å². The molecule has 0 aliphatic carbocycles. The highest BCUT2D eigenvalue weighted by Crippen LogP contribution is 2.28. The number of hydrogen-bond acceptors (Lipinski definition) is 3. The zero-order valence-electron chi connectivity index (χ0n) is 15.7. The van der Waals surface area contributed by atoms with Crippen molar-refractivity contribution in [1.82, 2.24) is 9.80 Å². The van der Waals surface area contributed by atoms with Gasteiger partial charge in [-0.3, -0.25) is 9.69 Å². The van der Waals surface area contributed by atoms with Gasteiger partial charge in [0.1, 0.15) is 0 Å². The lowest BCUT2D eigenvalue weighted by Gasteiger charge is -2.42. The monoisotopic (exact) mass is 331 g/mol. The van der Waals surface area contributed by atoms with Crippen molar-refractivity contribution in [2.24, 2.45) is 11.1 Å². The second-order valence-electron chi connectivity index (χ2n) is 7.68. The minimum Gasteiger partial charge on any atom is -0.338 e. The maximum atomic E-state index is 12.8. The van der Waals surface area contributed by atoms with Crippen molar-refractivity contribution in [1.29, 1.82) is 0 Å². The van der Waals surface area contributed by atoms with Crippen LogP contribution in [-0.4, -0.2) is 47.9 Å². The Kier molecular flexibility index (Phi) is 6.41. The van der Waals surface area contributed by atoms with Crippen molar-refractivity contribution >= 4 is 5.91 Å². The van der Waals surface area contributed by atoms with Gasteiger partial charge in [-0.2, -0.15) is 0 Å². The minimum absolute atomic E-state index is 0.0182. The van der Waals surface area contributed by atoms with E-state index in [0.29, 0.717) is 0 Å². The molecule has 134 valence electrons. The van der Waals surface area contributed by atoms with Gasteiger partial charge in [0, 0.05) is 31.2 Å². The van der Waals surface area contributed by atoms with Gasteiger partial charge in [-0.25, -0.2) is 0 Å². The average molecular weight is 332 g/mol. The quantitative estimate of drug-likeness (QED) is 0.871. The molecule has 24 heavy (non-hydrogen) atoms. The first-order chi connectivity index (χ1) is 11.4. The first kappa shape index (κ1) is 18.9. The third-order valence-corrected chi connectivity index (χ3v) is 5.19. The number of likely N-dealkylation sites (tertiary alicyclic amines) is 1. The molecule has 1 aliphatic heterocycles. The summed E-state index contributed by atoms with van der Waals surface area (Å²) in [5, 5.41) is 0. The molecule has 1 unspecified atom stereocenters. The fourth-order valence-electron chi connectivity index (χ4n) is 3.41. The summed E-state index contributed by atoms with van der Waals surface area (Å²) in [6, 6.07) is 8.29. The van der Waals surface area contributed by atoms with E-state index in [1.807, 2.05) is 17.0 Å². The molecule has 1 atom stereocenters. The van der Waals surface area contributed by atoms with Crippen LogP contribution in [0.5, 0.6) is 0 Å². The highest BCUT2D eigenvalue weighted by Gasteiger charge is 2.35. The highest BCUT2D eigenvalue weighted by atomic mass is 16.2. The molecule has 1 fully saturated rings. The standard InChI is InChI=1S/C20H33N3O/c1-5-12-22(6-2)14-16-7-9-17(10-8-16)19(24)23-13-11-18(21)20(3,4)15-23/h7-10,18H,5-6,11-15,21H2,1-4H3. The van der Waals surface area contributed by atoms with Crippen molar-refractivity contribution in [2.45, 2.75) is 53.1 Å². The number of nitrogens with zero attached hydrogens (tertiary/aromatic N) is 2. The van der Waals surface area contributed by atoms with E-state index in [-0.39, 0.29) is 17.4 Å². The third kappa shape index (κ3) is 4.58. The summed E-state index contributed by atoms with van der Waals surface area (Å²) in [7, 11) is 0. The summed E-state index contributed by atoms with van der Waals surface area (Å²) >= 11 is 0. The molecule has 1 aromatic carbocycles. The maximum Gasteiger partial charge on any atom is 0.253 e. The van der Waals surface area contributed by atoms with Gasteiger partial charge in [0.05, 0.1) is 0 Å². The van der Waals surface area contributed by atoms with Crippen molar-refractivity contribution in [3.05, 3.63) is 35.4 Å². The van der Waals surface area contributed by atoms with Crippen LogP contribution < -0.4 is 5.73 Å². The van der Waals surface area contributed by atoms with Gasteiger partial charge in [-0.15, -0.1) is 0 Å². The Morgan fingerprint density at radius 2 is 1.96 bits per heavy atom. The number of piperidine rings is 1. The summed E-state index contributed by atoms with van der Waals surface area (Å²) in [5.74, 6) is 0.127. The molecule has 1 aliphatic rings. The van der Waals surface area contributed by atoms with E-state index in [1.54, 1.807) is 0 Å². The van der Waals surface area contributed by atoms with Crippen LogP contribution in [0.3, 0.4) is 0 Å². The van der Waals surface area contributed by atoms with E-state index in [4.69, 9.17) is 5.73 Å². The van der Waals surface area contributed by atoms with E-state index in [9.17, 15) is 4.79 Å². The topological polar surface area (TPSA) is 49.6 Å². The Morgan fingerprint density at radius 3 is 2.50 bits per heavy atom. The van der Waals surface area contributed by atoms with Gasteiger partial charge in [-0.1, -0.05) is 39.8 Å². The summed E-state index contributed by atoms with van der Waals surface area (Å²) in [6.45, 7) is 13.3. The lowest BCUT2D eigenvalue weighted by atomic mass is 9.79. The summed E-state index contributed by atoms with van der Waals surface area (Å²) in [5.41, 5.74) is 8.20. The third-order valence-electron chi connectivity index (χ3n) is 5.19. The SMILES string of the molecule is CCCN(CC)Cc1ccc(C(=O)N2CCC(N)C(C)(C)C2)cc1. The molecule has 0 radical (unpaired) electrons. The van der Waals surface area contributed by atoms with E-state index in [0.717, 1.165) is 51.1 Å². The van der Waals surface area contributed by atoms with Crippen molar-refractivity contribution < 1.29 is 4.79 Å². The molecule has 1 heterocycles. The highest BCUT2D eigenvalue weighted by molar-refractivity contribution is 5.94. The molecule has 0 bridgehead atoms. The van der Waals surface area contributed by atoms with Crippen LogP contribution in [0.25, 0.3) is 0 Å². The van der Waals surface area contributed by atoms with E-state index in [1.165, 1.54) is 5.56 Å². The number of benzene rings is 1. The fraction of sp³-hybridized carbons (Fsp3) is 0.650. The Balaban J connectivity index is 2.01. The Labute approximate surface area is 147 Å². The van der Waals surface area contributed by atoms with E-state index < -0.39 is 0 Å². The summed E-state index contributed by atoms with van der Waals surface area (Å²) in [4.78, 5) is 17.1. The Hall–Kier alpha value is -1.39. The molecule has 0 saturated carbocycles. The molecule has 4 nitrogen and oxygen atoms in total. The van der Waals surface area contributed by atoms with E-state index in [2.05, 4.69) is 44.7 Å². The minimum atomic E-state index is -0.0182. The number of amides is 1.